The number of carbonyl (C=O) groups excluding carboxylic acids is 2. The Morgan fingerprint density at radius 1 is 1.16 bits per heavy atom. The molecule has 2 rings (SSSR count). The van der Waals surface area contributed by atoms with Crippen molar-refractivity contribution in [3.8, 4) is 11.8 Å². The minimum Gasteiger partial charge on any atom is -0.479 e. The molecule has 2 aromatic rings. The summed E-state index contributed by atoms with van der Waals surface area (Å²) in [4.78, 5) is 22.9. The van der Waals surface area contributed by atoms with Crippen molar-refractivity contribution in [2.45, 2.75) is 6.92 Å². The summed E-state index contributed by atoms with van der Waals surface area (Å²) in [7, 11) is 0. The number of ether oxygens (including phenoxy) is 1. The number of amides is 2. The molecule has 0 unspecified atom stereocenters. The van der Waals surface area contributed by atoms with Gasteiger partial charge in [0.25, 0.3) is 5.91 Å². The van der Waals surface area contributed by atoms with E-state index in [1.54, 1.807) is 48.5 Å². The maximum absolute atomic E-state index is 12.0. The van der Waals surface area contributed by atoms with Crippen molar-refractivity contribution in [2.75, 3.05) is 11.9 Å². The van der Waals surface area contributed by atoms with Gasteiger partial charge in [0.1, 0.15) is 11.8 Å². The summed E-state index contributed by atoms with van der Waals surface area (Å²) >= 11 is 0. The van der Waals surface area contributed by atoms with Crippen LogP contribution in [0.25, 0.3) is 0 Å². The Morgan fingerprint density at radius 2 is 1.84 bits per heavy atom. The van der Waals surface area contributed by atoms with E-state index in [9.17, 15) is 9.59 Å². The number of benzene rings is 2. The zero-order valence-corrected chi connectivity index (χ0v) is 13.5. The van der Waals surface area contributed by atoms with Crippen LogP contribution in [0.1, 0.15) is 22.8 Å². The SMILES string of the molecule is CC(=O)Nc1ccc(C(=O)N/N=C\c2ccc(OCC#N)cc2)cc1. The van der Waals surface area contributed by atoms with Gasteiger partial charge in [0.15, 0.2) is 6.61 Å². The largest absolute Gasteiger partial charge is 0.479 e. The Bertz CT molecular complexity index is 806. The summed E-state index contributed by atoms with van der Waals surface area (Å²) < 4.78 is 5.14. The van der Waals surface area contributed by atoms with Gasteiger partial charge in [-0.3, -0.25) is 9.59 Å². The van der Waals surface area contributed by atoms with Crippen LogP contribution < -0.4 is 15.5 Å². The standard InChI is InChI=1S/C18H16N4O3/c1-13(23)21-16-6-4-15(5-7-16)18(24)22-20-12-14-2-8-17(9-3-14)25-11-10-19/h2-9,12H,11H2,1H3,(H,21,23)(H,22,24)/b20-12-. The van der Waals surface area contributed by atoms with Crippen LogP contribution in [0.4, 0.5) is 5.69 Å². The third-order valence-corrected chi connectivity index (χ3v) is 3.03. The number of hydrazone groups is 1. The molecular weight excluding hydrogens is 320 g/mol. The van der Waals surface area contributed by atoms with Crippen molar-refractivity contribution in [1.29, 1.82) is 5.26 Å². The average Bonchev–Trinajstić information content (AvgIpc) is 2.61. The fraction of sp³-hybridized carbons (Fsp3) is 0.111. The molecule has 7 nitrogen and oxygen atoms in total. The van der Waals surface area contributed by atoms with Crippen molar-refractivity contribution >= 4 is 23.7 Å². The molecule has 126 valence electrons. The lowest BCUT2D eigenvalue weighted by Gasteiger charge is -2.04. The first kappa shape index (κ1) is 17.7. The van der Waals surface area contributed by atoms with Crippen LogP contribution in [-0.2, 0) is 4.79 Å². The van der Waals surface area contributed by atoms with Crippen LogP contribution in [0.5, 0.6) is 5.75 Å². The molecule has 0 bridgehead atoms. The van der Waals surface area contributed by atoms with E-state index in [1.165, 1.54) is 13.1 Å². The topological polar surface area (TPSA) is 104 Å². The van der Waals surface area contributed by atoms with Crippen molar-refractivity contribution in [3.63, 3.8) is 0 Å². The van der Waals surface area contributed by atoms with Crippen molar-refractivity contribution in [3.05, 3.63) is 59.7 Å². The predicted octanol–water partition coefficient (Wildman–Crippen LogP) is 2.31. The fourth-order valence-corrected chi connectivity index (χ4v) is 1.90. The van der Waals surface area contributed by atoms with Crippen molar-refractivity contribution < 1.29 is 14.3 Å². The summed E-state index contributed by atoms with van der Waals surface area (Å²) in [6.07, 6.45) is 1.50. The van der Waals surface area contributed by atoms with Gasteiger partial charge in [0.2, 0.25) is 5.91 Å². The van der Waals surface area contributed by atoms with Gasteiger partial charge in [0.05, 0.1) is 6.21 Å². The van der Waals surface area contributed by atoms with Gasteiger partial charge in [-0.1, -0.05) is 0 Å². The molecule has 0 spiro atoms. The quantitative estimate of drug-likeness (QED) is 0.624. The van der Waals surface area contributed by atoms with E-state index >= 15 is 0 Å². The number of rotatable bonds is 6. The van der Waals surface area contributed by atoms with E-state index in [1.807, 2.05) is 6.07 Å². The maximum Gasteiger partial charge on any atom is 0.271 e. The second-order valence-electron chi connectivity index (χ2n) is 4.97. The zero-order chi connectivity index (χ0) is 18.1. The van der Waals surface area contributed by atoms with Crippen LogP contribution in [0, 0.1) is 11.3 Å². The normalized spacial score (nSPS) is 10.1. The van der Waals surface area contributed by atoms with Gasteiger partial charge in [-0.2, -0.15) is 10.4 Å². The number of nitriles is 1. The Labute approximate surface area is 144 Å². The molecule has 2 aromatic carbocycles. The molecule has 0 saturated heterocycles. The van der Waals surface area contributed by atoms with E-state index in [0.29, 0.717) is 17.0 Å². The maximum atomic E-state index is 12.0. The van der Waals surface area contributed by atoms with Crippen LogP contribution >= 0.6 is 0 Å². The Balaban J connectivity index is 1.89. The van der Waals surface area contributed by atoms with Crippen LogP contribution in [0.15, 0.2) is 53.6 Å². The fourth-order valence-electron chi connectivity index (χ4n) is 1.90. The Hall–Kier alpha value is -3.66. The molecular formula is C18H16N4O3. The van der Waals surface area contributed by atoms with Crippen LogP contribution in [0.2, 0.25) is 0 Å². The molecule has 25 heavy (non-hydrogen) atoms. The predicted molar refractivity (Wildman–Crippen MR) is 93.4 cm³/mol. The lowest BCUT2D eigenvalue weighted by Crippen LogP contribution is -2.17. The average molecular weight is 336 g/mol. The Morgan fingerprint density at radius 3 is 2.44 bits per heavy atom. The number of hydrogen-bond acceptors (Lipinski definition) is 5. The summed E-state index contributed by atoms with van der Waals surface area (Å²) in [5, 5.41) is 15.0. The molecule has 0 fully saturated rings. The molecule has 2 amide bonds. The zero-order valence-electron chi connectivity index (χ0n) is 13.5. The van der Waals surface area contributed by atoms with Gasteiger partial charge in [-0.15, -0.1) is 0 Å². The smallest absolute Gasteiger partial charge is 0.271 e. The lowest BCUT2D eigenvalue weighted by molar-refractivity contribution is -0.114. The molecule has 0 aliphatic rings. The number of carbonyl (C=O) groups is 2. The van der Waals surface area contributed by atoms with Gasteiger partial charge in [-0.05, 0) is 54.1 Å². The molecule has 0 aliphatic heterocycles. The molecule has 2 N–H and O–H groups in total. The van der Waals surface area contributed by atoms with Gasteiger partial charge < -0.3 is 10.1 Å². The summed E-state index contributed by atoms with van der Waals surface area (Å²) in [5.74, 6) is 0.0486. The lowest BCUT2D eigenvalue weighted by atomic mass is 10.2. The van der Waals surface area contributed by atoms with Gasteiger partial charge >= 0.3 is 0 Å². The third-order valence-electron chi connectivity index (χ3n) is 3.03. The van der Waals surface area contributed by atoms with Gasteiger partial charge in [0, 0.05) is 18.2 Å². The summed E-state index contributed by atoms with van der Waals surface area (Å²) in [5.41, 5.74) is 4.23. The van der Waals surface area contributed by atoms with Crippen molar-refractivity contribution in [2.24, 2.45) is 5.10 Å². The van der Waals surface area contributed by atoms with E-state index in [-0.39, 0.29) is 18.4 Å². The first-order valence-electron chi connectivity index (χ1n) is 7.39. The third kappa shape index (κ3) is 5.80. The monoisotopic (exact) mass is 336 g/mol. The molecule has 0 aromatic heterocycles. The van der Waals surface area contributed by atoms with Crippen molar-refractivity contribution in [1.82, 2.24) is 5.43 Å². The Kier molecular flexibility index (Phi) is 6.25. The van der Waals surface area contributed by atoms with Crippen LogP contribution in [-0.4, -0.2) is 24.6 Å². The summed E-state index contributed by atoms with van der Waals surface area (Å²) in [6, 6.07) is 15.3. The number of hydrogen-bond donors (Lipinski definition) is 2. The second kappa shape index (κ2) is 8.84. The second-order valence-corrected chi connectivity index (χ2v) is 4.97. The van der Waals surface area contributed by atoms with E-state index in [4.69, 9.17) is 10.00 Å². The van der Waals surface area contributed by atoms with Gasteiger partial charge in [-0.25, -0.2) is 5.43 Å². The first-order valence-corrected chi connectivity index (χ1v) is 7.39. The first-order chi connectivity index (χ1) is 12.1. The van der Waals surface area contributed by atoms with E-state index in [0.717, 1.165) is 5.56 Å². The van der Waals surface area contributed by atoms with E-state index in [2.05, 4.69) is 15.8 Å². The summed E-state index contributed by atoms with van der Waals surface area (Å²) in [6.45, 7) is 1.40. The minimum absolute atomic E-state index is 0.00970. The molecule has 0 aliphatic carbocycles. The molecule has 0 atom stereocenters. The highest BCUT2D eigenvalue weighted by molar-refractivity contribution is 5.96. The molecule has 0 radical (unpaired) electrons. The molecule has 7 heteroatoms. The molecule has 0 saturated carbocycles. The highest BCUT2D eigenvalue weighted by Crippen LogP contribution is 2.11. The molecule has 0 heterocycles. The van der Waals surface area contributed by atoms with E-state index < -0.39 is 0 Å². The highest BCUT2D eigenvalue weighted by Gasteiger charge is 2.04. The minimum atomic E-state index is -0.361. The number of anilines is 1. The highest BCUT2D eigenvalue weighted by atomic mass is 16.5. The van der Waals surface area contributed by atoms with Crippen LogP contribution in [0.3, 0.4) is 0 Å². The number of nitrogens with zero attached hydrogens (tertiary/aromatic N) is 2. The number of nitrogens with one attached hydrogen (secondary N) is 2.